The minimum Gasteiger partial charge on any atom is -0.447 e. The van der Waals surface area contributed by atoms with Gasteiger partial charge in [0.05, 0.1) is 6.10 Å². The quantitative estimate of drug-likeness (QED) is 0.800. The number of ether oxygens (including phenoxy) is 1. The summed E-state index contributed by atoms with van der Waals surface area (Å²) in [6, 6.07) is 0. The molecule has 1 fully saturated rings. The Morgan fingerprint density at radius 3 is 2.31 bits per heavy atom. The van der Waals surface area contributed by atoms with Crippen molar-refractivity contribution in [2.75, 3.05) is 6.54 Å². The first-order valence-electron chi connectivity index (χ1n) is 6.56. The van der Waals surface area contributed by atoms with Crippen LogP contribution >= 0.6 is 0 Å². The highest BCUT2D eigenvalue weighted by atomic mass is 16.6. The van der Waals surface area contributed by atoms with Crippen molar-refractivity contribution in [1.82, 2.24) is 5.32 Å². The van der Waals surface area contributed by atoms with E-state index in [-0.39, 0.29) is 12.2 Å². The van der Waals surface area contributed by atoms with E-state index in [1.807, 2.05) is 13.8 Å². The van der Waals surface area contributed by atoms with Gasteiger partial charge in [0.15, 0.2) is 0 Å². The van der Waals surface area contributed by atoms with E-state index in [0.29, 0.717) is 5.92 Å². The second kappa shape index (κ2) is 6.77. The second-order valence-corrected chi connectivity index (χ2v) is 5.13. The molecule has 0 aromatic rings. The van der Waals surface area contributed by atoms with Crippen molar-refractivity contribution in [1.29, 1.82) is 0 Å². The standard InChI is InChI=1S/C13H25NO2/c1-4-11-5-7-12(8-6-11)9-14-13(15)16-10(2)3/h10-12H,4-9H2,1-3H3,(H,14,15). The molecule has 0 radical (unpaired) electrons. The van der Waals surface area contributed by atoms with Crippen molar-refractivity contribution >= 4 is 6.09 Å². The molecule has 0 bridgehead atoms. The minimum absolute atomic E-state index is 0.0316. The first kappa shape index (κ1) is 13.3. The number of carbonyl (C=O) groups is 1. The van der Waals surface area contributed by atoms with Crippen LogP contribution < -0.4 is 5.32 Å². The predicted molar refractivity (Wildman–Crippen MR) is 65.4 cm³/mol. The highest BCUT2D eigenvalue weighted by Gasteiger charge is 2.20. The Hall–Kier alpha value is -0.730. The van der Waals surface area contributed by atoms with Gasteiger partial charge in [-0.05, 0) is 38.5 Å². The van der Waals surface area contributed by atoms with Crippen molar-refractivity contribution in [2.45, 2.75) is 59.0 Å². The first-order valence-corrected chi connectivity index (χ1v) is 6.56. The summed E-state index contributed by atoms with van der Waals surface area (Å²) < 4.78 is 5.03. The monoisotopic (exact) mass is 227 g/mol. The zero-order valence-electron chi connectivity index (χ0n) is 10.8. The highest BCUT2D eigenvalue weighted by Crippen LogP contribution is 2.29. The number of hydrogen-bond donors (Lipinski definition) is 1. The zero-order chi connectivity index (χ0) is 12.0. The number of carbonyl (C=O) groups excluding carboxylic acids is 1. The van der Waals surface area contributed by atoms with Crippen LogP contribution in [0.1, 0.15) is 52.9 Å². The molecule has 0 unspecified atom stereocenters. The molecule has 16 heavy (non-hydrogen) atoms. The maximum Gasteiger partial charge on any atom is 0.407 e. The lowest BCUT2D eigenvalue weighted by Gasteiger charge is -2.27. The van der Waals surface area contributed by atoms with Gasteiger partial charge < -0.3 is 10.1 Å². The highest BCUT2D eigenvalue weighted by molar-refractivity contribution is 5.67. The predicted octanol–water partition coefficient (Wildman–Crippen LogP) is 3.34. The molecule has 0 spiro atoms. The third kappa shape index (κ3) is 4.86. The fourth-order valence-electron chi connectivity index (χ4n) is 2.33. The van der Waals surface area contributed by atoms with E-state index in [9.17, 15) is 4.79 Å². The normalized spacial score (nSPS) is 25.5. The van der Waals surface area contributed by atoms with E-state index in [2.05, 4.69) is 12.2 Å². The van der Waals surface area contributed by atoms with E-state index in [4.69, 9.17) is 4.74 Å². The Balaban J connectivity index is 2.12. The molecule has 94 valence electrons. The van der Waals surface area contributed by atoms with Crippen LogP contribution in [0.2, 0.25) is 0 Å². The molecule has 1 saturated carbocycles. The number of rotatable bonds is 4. The van der Waals surface area contributed by atoms with Gasteiger partial charge in [0.2, 0.25) is 0 Å². The summed E-state index contributed by atoms with van der Waals surface area (Å²) in [5, 5.41) is 2.86. The second-order valence-electron chi connectivity index (χ2n) is 5.13. The van der Waals surface area contributed by atoms with Gasteiger partial charge in [-0.25, -0.2) is 4.79 Å². The van der Waals surface area contributed by atoms with Crippen LogP contribution in [0.25, 0.3) is 0 Å². The Bertz CT molecular complexity index is 208. The van der Waals surface area contributed by atoms with Crippen LogP contribution in [0.4, 0.5) is 4.79 Å². The van der Waals surface area contributed by atoms with Gasteiger partial charge in [0, 0.05) is 6.54 Å². The van der Waals surface area contributed by atoms with Crippen LogP contribution in [0.3, 0.4) is 0 Å². The molecule has 0 aromatic carbocycles. The molecule has 1 aliphatic carbocycles. The van der Waals surface area contributed by atoms with Gasteiger partial charge in [-0.15, -0.1) is 0 Å². The van der Waals surface area contributed by atoms with E-state index in [1.165, 1.54) is 32.1 Å². The summed E-state index contributed by atoms with van der Waals surface area (Å²) in [5.41, 5.74) is 0. The Labute approximate surface area is 98.9 Å². The molecule has 0 heterocycles. The van der Waals surface area contributed by atoms with Gasteiger partial charge in [-0.2, -0.15) is 0 Å². The Morgan fingerprint density at radius 2 is 1.81 bits per heavy atom. The van der Waals surface area contributed by atoms with E-state index in [1.54, 1.807) is 0 Å². The molecule has 1 N–H and O–H groups in total. The summed E-state index contributed by atoms with van der Waals surface area (Å²) >= 11 is 0. The van der Waals surface area contributed by atoms with Crippen LogP contribution in [0, 0.1) is 11.8 Å². The topological polar surface area (TPSA) is 38.3 Å². The van der Waals surface area contributed by atoms with Gasteiger partial charge >= 0.3 is 6.09 Å². The molecule has 0 aliphatic heterocycles. The number of amides is 1. The molecular weight excluding hydrogens is 202 g/mol. The summed E-state index contributed by atoms with van der Waals surface area (Å²) in [7, 11) is 0. The number of hydrogen-bond acceptors (Lipinski definition) is 2. The van der Waals surface area contributed by atoms with Crippen molar-refractivity contribution in [3.05, 3.63) is 0 Å². The smallest absolute Gasteiger partial charge is 0.407 e. The average molecular weight is 227 g/mol. The Morgan fingerprint density at radius 1 is 1.25 bits per heavy atom. The van der Waals surface area contributed by atoms with Crippen molar-refractivity contribution in [3.63, 3.8) is 0 Å². The van der Waals surface area contributed by atoms with E-state index >= 15 is 0 Å². The number of alkyl carbamates (subject to hydrolysis) is 1. The lowest BCUT2D eigenvalue weighted by Crippen LogP contribution is -2.32. The molecule has 3 nitrogen and oxygen atoms in total. The minimum atomic E-state index is -0.271. The third-order valence-corrected chi connectivity index (χ3v) is 3.42. The average Bonchev–Trinajstić information content (AvgIpc) is 2.26. The summed E-state index contributed by atoms with van der Waals surface area (Å²) in [6.07, 6.45) is 6.14. The Kier molecular flexibility index (Phi) is 5.64. The molecule has 0 aromatic heterocycles. The van der Waals surface area contributed by atoms with Gasteiger partial charge in [-0.3, -0.25) is 0 Å². The third-order valence-electron chi connectivity index (χ3n) is 3.42. The summed E-state index contributed by atoms with van der Waals surface area (Å²) in [6.45, 7) is 6.78. The largest absolute Gasteiger partial charge is 0.447 e. The molecule has 0 saturated heterocycles. The van der Waals surface area contributed by atoms with Crippen LogP contribution in [-0.2, 0) is 4.74 Å². The zero-order valence-corrected chi connectivity index (χ0v) is 10.8. The summed E-state index contributed by atoms with van der Waals surface area (Å²) in [5.74, 6) is 1.57. The van der Waals surface area contributed by atoms with Crippen LogP contribution in [-0.4, -0.2) is 18.7 Å². The lowest BCUT2D eigenvalue weighted by molar-refractivity contribution is 0.113. The van der Waals surface area contributed by atoms with E-state index < -0.39 is 0 Å². The maximum absolute atomic E-state index is 11.3. The van der Waals surface area contributed by atoms with Crippen molar-refractivity contribution in [2.24, 2.45) is 11.8 Å². The SMILES string of the molecule is CCC1CCC(CNC(=O)OC(C)C)CC1. The van der Waals surface area contributed by atoms with Crippen LogP contribution in [0.5, 0.6) is 0 Å². The number of nitrogens with one attached hydrogen (secondary N) is 1. The summed E-state index contributed by atoms with van der Waals surface area (Å²) in [4.78, 5) is 11.3. The first-order chi connectivity index (χ1) is 7.61. The fraction of sp³-hybridized carbons (Fsp3) is 0.923. The van der Waals surface area contributed by atoms with Crippen molar-refractivity contribution in [3.8, 4) is 0 Å². The van der Waals surface area contributed by atoms with Gasteiger partial charge in [-0.1, -0.05) is 26.2 Å². The van der Waals surface area contributed by atoms with E-state index in [0.717, 1.165) is 12.5 Å². The maximum atomic E-state index is 11.3. The molecule has 1 aliphatic rings. The fourth-order valence-corrected chi connectivity index (χ4v) is 2.33. The molecular formula is C13H25NO2. The van der Waals surface area contributed by atoms with Crippen molar-refractivity contribution < 1.29 is 9.53 Å². The molecule has 1 amide bonds. The molecule has 0 atom stereocenters. The lowest BCUT2D eigenvalue weighted by atomic mass is 9.81. The molecule has 1 rings (SSSR count). The van der Waals surface area contributed by atoms with Crippen LogP contribution in [0.15, 0.2) is 0 Å². The van der Waals surface area contributed by atoms with Gasteiger partial charge in [0.1, 0.15) is 0 Å². The molecule has 3 heteroatoms. The van der Waals surface area contributed by atoms with Gasteiger partial charge in [0.25, 0.3) is 0 Å².